The predicted molar refractivity (Wildman–Crippen MR) is 33.5 cm³/mol. The van der Waals surface area contributed by atoms with Gasteiger partial charge in [-0.05, 0) is 31.1 Å². The van der Waals surface area contributed by atoms with E-state index in [9.17, 15) is 0 Å². The summed E-state index contributed by atoms with van der Waals surface area (Å²) in [7, 11) is 0. The molecule has 0 aliphatic heterocycles. The SMILES string of the molecule is Br[C@@H]1CC[C@H]2C[C@@H]21. The zero-order chi connectivity index (χ0) is 4.85. The molecule has 0 aromatic carbocycles. The first-order valence-corrected chi connectivity index (χ1v) is 3.93. The molecule has 0 spiro atoms. The molecular formula is C6H9Br. The Kier molecular flexibility index (Phi) is 0.780. The maximum Gasteiger partial charge on any atom is 0.0176 e. The number of halogens is 1. The number of fused-ring (bicyclic) bond motifs is 1. The molecule has 0 radical (unpaired) electrons. The van der Waals surface area contributed by atoms with Gasteiger partial charge in [0.25, 0.3) is 0 Å². The summed E-state index contributed by atoms with van der Waals surface area (Å²) in [6.45, 7) is 0. The molecule has 1 heteroatoms. The van der Waals surface area contributed by atoms with Gasteiger partial charge in [-0.2, -0.15) is 0 Å². The molecule has 2 rings (SSSR count). The first-order valence-electron chi connectivity index (χ1n) is 3.02. The van der Waals surface area contributed by atoms with Crippen molar-refractivity contribution in [3.05, 3.63) is 0 Å². The number of rotatable bonds is 0. The summed E-state index contributed by atoms with van der Waals surface area (Å²) < 4.78 is 0. The number of hydrogen-bond acceptors (Lipinski definition) is 0. The van der Waals surface area contributed by atoms with Crippen LogP contribution in [-0.4, -0.2) is 4.83 Å². The molecule has 2 fully saturated rings. The Hall–Kier alpha value is 0.480. The maximum atomic E-state index is 3.65. The third-order valence-electron chi connectivity index (χ3n) is 2.26. The smallest absolute Gasteiger partial charge is 0.0176 e. The minimum atomic E-state index is 0.900. The highest BCUT2D eigenvalue weighted by Gasteiger charge is 2.46. The van der Waals surface area contributed by atoms with Crippen molar-refractivity contribution in [2.24, 2.45) is 11.8 Å². The lowest BCUT2D eigenvalue weighted by atomic mass is 10.3. The zero-order valence-electron chi connectivity index (χ0n) is 4.23. The van der Waals surface area contributed by atoms with Crippen LogP contribution < -0.4 is 0 Å². The van der Waals surface area contributed by atoms with E-state index in [4.69, 9.17) is 0 Å². The Balaban J connectivity index is 2.08. The van der Waals surface area contributed by atoms with Crippen molar-refractivity contribution in [2.75, 3.05) is 0 Å². The summed E-state index contributed by atoms with van der Waals surface area (Å²) in [6, 6.07) is 0. The summed E-state index contributed by atoms with van der Waals surface area (Å²) in [5, 5.41) is 0. The normalized spacial score (nSPS) is 57.0. The molecule has 7 heavy (non-hydrogen) atoms. The van der Waals surface area contributed by atoms with E-state index >= 15 is 0 Å². The Morgan fingerprint density at radius 2 is 2.14 bits per heavy atom. The molecule has 2 saturated carbocycles. The lowest BCUT2D eigenvalue weighted by Crippen LogP contribution is -1.91. The Labute approximate surface area is 52.4 Å². The van der Waals surface area contributed by atoms with Gasteiger partial charge in [0.1, 0.15) is 0 Å². The third kappa shape index (κ3) is 0.543. The molecule has 0 nitrogen and oxygen atoms in total. The Morgan fingerprint density at radius 3 is 2.29 bits per heavy atom. The summed E-state index contributed by atoms with van der Waals surface area (Å²) in [4.78, 5) is 0.900. The Morgan fingerprint density at radius 1 is 1.29 bits per heavy atom. The van der Waals surface area contributed by atoms with Gasteiger partial charge < -0.3 is 0 Å². The lowest BCUT2D eigenvalue weighted by Gasteiger charge is -1.95. The molecule has 0 unspecified atom stereocenters. The molecular weight excluding hydrogens is 152 g/mol. The second-order valence-corrected chi connectivity index (χ2v) is 3.93. The van der Waals surface area contributed by atoms with Crippen LogP contribution in [0, 0.1) is 11.8 Å². The highest BCUT2D eigenvalue weighted by Crippen LogP contribution is 2.54. The van der Waals surface area contributed by atoms with Gasteiger partial charge in [-0.15, -0.1) is 0 Å². The minimum absolute atomic E-state index is 0.900. The van der Waals surface area contributed by atoms with E-state index in [1.54, 1.807) is 0 Å². The van der Waals surface area contributed by atoms with Gasteiger partial charge >= 0.3 is 0 Å². The Bertz CT molecular complexity index is 90.2. The van der Waals surface area contributed by atoms with Crippen molar-refractivity contribution >= 4 is 15.9 Å². The van der Waals surface area contributed by atoms with E-state index in [1.807, 2.05) is 0 Å². The van der Waals surface area contributed by atoms with E-state index < -0.39 is 0 Å². The summed E-state index contributed by atoms with van der Waals surface area (Å²) in [5.74, 6) is 2.24. The van der Waals surface area contributed by atoms with Crippen LogP contribution in [0.2, 0.25) is 0 Å². The monoisotopic (exact) mass is 160 g/mol. The van der Waals surface area contributed by atoms with Crippen LogP contribution in [0.4, 0.5) is 0 Å². The van der Waals surface area contributed by atoms with Gasteiger partial charge in [-0.1, -0.05) is 15.9 Å². The number of alkyl halides is 1. The molecule has 0 saturated heterocycles. The molecule has 0 amide bonds. The van der Waals surface area contributed by atoms with E-state index in [1.165, 1.54) is 19.3 Å². The van der Waals surface area contributed by atoms with Crippen molar-refractivity contribution in [3.8, 4) is 0 Å². The van der Waals surface area contributed by atoms with Crippen LogP contribution in [0.3, 0.4) is 0 Å². The zero-order valence-corrected chi connectivity index (χ0v) is 5.82. The first kappa shape index (κ1) is 4.37. The first-order chi connectivity index (χ1) is 3.38. The van der Waals surface area contributed by atoms with Gasteiger partial charge in [0, 0.05) is 4.83 Å². The van der Waals surface area contributed by atoms with Crippen LogP contribution in [0.15, 0.2) is 0 Å². The van der Waals surface area contributed by atoms with Crippen LogP contribution in [-0.2, 0) is 0 Å². The van der Waals surface area contributed by atoms with Crippen molar-refractivity contribution in [1.82, 2.24) is 0 Å². The lowest BCUT2D eigenvalue weighted by molar-refractivity contribution is 0.754. The van der Waals surface area contributed by atoms with Crippen molar-refractivity contribution < 1.29 is 0 Å². The van der Waals surface area contributed by atoms with Gasteiger partial charge in [-0.3, -0.25) is 0 Å². The van der Waals surface area contributed by atoms with Gasteiger partial charge in [0.15, 0.2) is 0 Å². The van der Waals surface area contributed by atoms with Gasteiger partial charge in [0.05, 0.1) is 0 Å². The van der Waals surface area contributed by atoms with Crippen molar-refractivity contribution in [3.63, 3.8) is 0 Å². The van der Waals surface area contributed by atoms with E-state index in [0.717, 1.165) is 16.7 Å². The summed E-state index contributed by atoms with van der Waals surface area (Å²) in [5.41, 5.74) is 0. The average molecular weight is 161 g/mol. The fraction of sp³-hybridized carbons (Fsp3) is 1.00. The highest BCUT2D eigenvalue weighted by atomic mass is 79.9. The predicted octanol–water partition coefficient (Wildman–Crippen LogP) is 2.18. The third-order valence-corrected chi connectivity index (χ3v) is 3.39. The summed E-state index contributed by atoms with van der Waals surface area (Å²) >= 11 is 3.65. The minimum Gasteiger partial charge on any atom is -0.0888 e. The van der Waals surface area contributed by atoms with Crippen LogP contribution >= 0.6 is 15.9 Å². The fourth-order valence-electron chi connectivity index (χ4n) is 1.63. The molecule has 2 aliphatic rings. The second-order valence-electron chi connectivity index (χ2n) is 2.75. The van der Waals surface area contributed by atoms with Crippen LogP contribution in [0.25, 0.3) is 0 Å². The van der Waals surface area contributed by atoms with Crippen molar-refractivity contribution in [2.45, 2.75) is 24.1 Å². The van der Waals surface area contributed by atoms with Gasteiger partial charge in [0.2, 0.25) is 0 Å². The van der Waals surface area contributed by atoms with E-state index in [-0.39, 0.29) is 0 Å². The maximum absolute atomic E-state index is 3.65. The average Bonchev–Trinajstić information content (AvgIpc) is 2.33. The topological polar surface area (TPSA) is 0 Å². The molecule has 2 aliphatic carbocycles. The quantitative estimate of drug-likeness (QED) is 0.477. The molecule has 40 valence electrons. The second kappa shape index (κ2) is 1.25. The largest absolute Gasteiger partial charge is 0.0888 e. The number of hydrogen-bond donors (Lipinski definition) is 0. The van der Waals surface area contributed by atoms with Crippen molar-refractivity contribution in [1.29, 1.82) is 0 Å². The highest BCUT2D eigenvalue weighted by molar-refractivity contribution is 9.09. The molecule has 0 aromatic heterocycles. The fourth-order valence-corrected chi connectivity index (χ4v) is 2.55. The molecule has 0 aromatic rings. The molecule has 3 atom stereocenters. The molecule has 0 heterocycles. The molecule has 0 bridgehead atoms. The van der Waals surface area contributed by atoms with Crippen LogP contribution in [0.1, 0.15) is 19.3 Å². The van der Waals surface area contributed by atoms with Gasteiger partial charge in [-0.25, -0.2) is 0 Å². The van der Waals surface area contributed by atoms with Crippen LogP contribution in [0.5, 0.6) is 0 Å². The molecule has 0 N–H and O–H groups in total. The van der Waals surface area contributed by atoms with E-state index in [2.05, 4.69) is 15.9 Å². The van der Waals surface area contributed by atoms with E-state index in [0.29, 0.717) is 0 Å². The summed E-state index contributed by atoms with van der Waals surface area (Å²) in [6.07, 6.45) is 4.46. The standard InChI is InChI=1S/C6H9Br/c7-6-2-1-4-3-5(4)6/h4-6H,1-3H2/t4-,5-,6+/m0/s1.